The van der Waals surface area contributed by atoms with E-state index >= 15 is 0 Å². The molecule has 2 heterocycles. The summed E-state index contributed by atoms with van der Waals surface area (Å²) in [6.45, 7) is 7.97. The lowest BCUT2D eigenvalue weighted by molar-refractivity contribution is -0.125. The van der Waals surface area contributed by atoms with Crippen LogP contribution in [0.1, 0.15) is 47.4 Å². The molecule has 1 unspecified atom stereocenters. The fourth-order valence-corrected chi connectivity index (χ4v) is 3.98. The number of rotatable bonds is 7. The molecule has 0 saturated carbocycles. The maximum Gasteiger partial charge on any atom is 0.268 e. The zero-order valence-corrected chi connectivity index (χ0v) is 18.6. The molecule has 2 aliphatic rings. The van der Waals surface area contributed by atoms with Crippen molar-refractivity contribution in [2.45, 2.75) is 32.8 Å². The third-order valence-corrected chi connectivity index (χ3v) is 5.54. The molecule has 0 radical (unpaired) electrons. The maximum absolute atomic E-state index is 12.5. The summed E-state index contributed by atoms with van der Waals surface area (Å²) in [7, 11) is 0. The molecular formula is C25H25N3O5. The van der Waals surface area contributed by atoms with E-state index in [2.05, 4.69) is 11.9 Å². The molecular weight excluding hydrogens is 422 g/mol. The van der Waals surface area contributed by atoms with Gasteiger partial charge in [-0.15, -0.1) is 0 Å². The number of carbonyl (C=O) groups excluding carboxylic acids is 4. The molecule has 2 aromatic carbocycles. The third kappa shape index (κ3) is 4.37. The molecule has 170 valence electrons. The van der Waals surface area contributed by atoms with Gasteiger partial charge in [0.25, 0.3) is 17.7 Å². The lowest BCUT2D eigenvalue weighted by atomic mass is 10.1. The van der Waals surface area contributed by atoms with E-state index in [0.29, 0.717) is 41.2 Å². The summed E-state index contributed by atoms with van der Waals surface area (Å²) in [5.41, 5.74) is 2.81. The van der Waals surface area contributed by atoms with Crippen LogP contribution in [0.3, 0.4) is 0 Å². The van der Waals surface area contributed by atoms with Crippen LogP contribution in [0.25, 0.3) is 0 Å². The molecule has 2 aromatic rings. The molecule has 0 fully saturated rings. The zero-order chi connectivity index (χ0) is 23.7. The van der Waals surface area contributed by atoms with Crippen LogP contribution in [-0.2, 0) is 9.59 Å². The van der Waals surface area contributed by atoms with Gasteiger partial charge in [0.2, 0.25) is 5.91 Å². The Labute approximate surface area is 191 Å². The first-order chi connectivity index (χ1) is 15.8. The molecule has 0 aliphatic carbocycles. The molecule has 2 aliphatic heterocycles. The van der Waals surface area contributed by atoms with Crippen molar-refractivity contribution in [1.82, 2.24) is 4.90 Å². The Balaban J connectivity index is 1.36. The van der Waals surface area contributed by atoms with Crippen molar-refractivity contribution in [3.8, 4) is 5.75 Å². The average molecular weight is 447 g/mol. The number of ether oxygens (including phenoxy) is 1. The number of benzene rings is 2. The maximum atomic E-state index is 12.5. The third-order valence-electron chi connectivity index (χ3n) is 5.54. The molecule has 0 bridgehead atoms. The van der Waals surface area contributed by atoms with Crippen molar-refractivity contribution in [1.29, 1.82) is 0 Å². The predicted octanol–water partition coefficient (Wildman–Crippen LogP) is 3.39. The average Bonchev–Trinajstić information content (AvgIpc) is 3.01. The van der Waals surface area contributed by atoms with Crippen molar-refractivity contribution in [3.63, 3.8) is 0 Å². The first kappa shape index (κ1) is 22.3. The first-order valence-corrected chi connectivity index (χ1v) is 10.8. The minimum Gasteiger partial charge on any atom is -0.479 e. The second-order valence-corrected chi connectivity index (χ2v) is 8.28. The molecule has 8 heteroatoms. The van der Waals surface area contributed by atoms with E-state index in [-0.39, 0.29) is 36.6 Å². The van der Waals surface area contributed by atoms with Crippen molar-refractivity contribution < 1.29 is 23.9 Å². The highest BCUT2D eigenvalue weighted by Gasteiger charge is 2.35. The number of nitrogens with zero attached hydrogens (tertiary/aromatic N) is 2. The summed E-state index contributed by atoms with van der Waals surface area (Å²) in [4.78, 5) is 52.5. The molecule has 0 saturated heterocycles. The summed E-state index contributed by atoms with van der Waals surface area (Å²) < 4.78 is 5.73. The van der Waals surface area contributed by atoms with Gasteiger partial charge in [-0.1, -0.05) is 24.3 Å². The fourth-order valence-electron chi connectivity index (χ4n) is 3.98. The number of carbonyl (C=O) groups is 4. The van der Waals surface area contributed by atoms with Gasteiger partial charge < -0.3 is 15.0 Å². The quantitative estimate of drug-likeness (QED) is 0.519. The highest BCUT2D eigenvalue weighted by molar-refractivity contribution is 6.21. The lowest BCUT2D eigenvalue weighted by Crippen LogP contribution is -2.45. The summed E-state index contributed by atoms with van der Waals surface area (Å²) in [5, 5.41) is 2.81. The van der Waals surface area contributed by atoms with E-state index in [1.54, 1.807) is 54.3 Å². The van der Waals surface area contributed by atoms with E-state index in [4.69, 9.17) is 4.74 Å². The van der Waals surface area contributed by atoms with Crippen molar-refractivity contribution in [2.24, 2.45) is 0 Å². The second kappa shape index (κ2) is 8.90. The topological polar surface area (TPSA) is 96.0 Å². The van der Waals surface area contributed by atoms with E-state index in [0.717, 1.165) is 5.57 Å². The van der Waals surface area contributed by atoms with Gasteiger partial charge in [0, 0.05) is 31.3 Å². The monoisotopic (exact) mass is 447 g/mol. The fraction of sp³-hybridized carbons (Fsp3) is 0.280. The summed E-state index contributed by atoms with van der Waals surface area (Å²) >= 11 is 0. The van der Waals surface area contributed by atoms with Gasteiger partial charge in [-0.3, -0.25) is 24.1 Å². The van der Waals surface area contributed by atoms with E-state index in [9.17, 15) is 19.2 Å². The van der Waals surface area contributed by atoms with Crippen LogP contribution >= 0.6 is 0 Å². The van der Waals surface area contributed by atoms with Gasteiger partial charge >= 0.3 is 0 Å². The molecule has 8 nitrogen and oxygen atoms in total. The van der Waals surface area contributed by atoms with Gasteiger partial charge in [0.05, 0.1) is 16.8 Å². The van der Waals surface area contributed by atoms with Gasteiger partial charge in [0.1, 0.15) is 5.75 Å². The number of hydrogen-bond acceptors (Lipinski definition) is 5. The largest absolute Gasteiger partial charge is 0.479 e. The van der Waals surface area contributed by atoms with Crippen LogP contribution in [0, 0.1) is 0 Å². The Bertz CT molecular complexity index is 1140. The van der Waals surface area contributed by atoms with E-state index in [1.165, 1.54) is 4.90 Å². The second-order valence-electron chi connectivity index (χ2n) is 8.28. The number of anilines is 2. The molecule has 33 heavy (non-hydrogen) atoms. The molecule has 0 spiro atoms. The van der Waals surface area contributed by atoms with Crippen LogP contribution in [0.4, 0.5) is 11.4 Å². The lowest BCUT2D eigenvalue weighted by Gasteiger charge is -2.33. The SMILES string of the molecule is C=C(C)CN1C(=O)C(C)Oc2cc(NC(=O)CCCN3C(=O)c4ccccc4C3=O)ccc21. The van der Waals surface area contributed by atoms with Crippen LogP contribution in [0.5, 0.6) is 5.75 Å². The molecule has 1 atom stereocenters. The number of amides is 4. The Morgan fingerprint density at radius 3 is 2.36 bits per heavy atom. The van der Waals surface area contributed by atoms with E-state index < -0.39 is 6.10 Å². The summed E-state index contributed by atoms with van der Waals surface area (Å²) in [5.74, 6) is -0.537. The first-order valence-electron chi connectivity index (χ1n) is 10.8. The minimum atomic E-state index is -0.637. The Hall–Kier alpha value is -3.94. The summed E-state index contributed by atoms with van der Waals surface area (Å²) in [6.07, 6.45) is -0.152. The van der Waals surface area contributed by atoms with Gasteiger partial charge in [-0.2, -0.15) is 0 Å². The van der Waals surface area contributed by atoms with E-state index in [1.807, 2.05) is 6.92 Å². The Morgan fingerprint density at radius 2 is 1.73 bits per heavy atom. The van der Waals surface area contributed by atoms with Crippen molar-refractivity contribution >= 4 is 35.0 Å². The standard InChI is InChI=1S/C25H25N3O5/c1-15(2)14-28-20-11-10-17(13-21(20)33-16(3)23(28)30)26-22(29)9-6-12-27-24(31)18-7-4-5-8-19(18)25(27)32/h4-5,7-8,10-11,13,16H,1,6,9,12,14H2,2-3H3,(H,26,29). The number of nitrogens with one attached hydrogen (secondary N) is 1. The molecule has 1 N–H and O–H groups in total. The van der Waals surface area contributed by atoms with Crippen LogP contribution in [-0.4, -0.2) is 47.7 Å². The minimum absolute atomic E-state index is 0.141. The highest BCUT2D eigenvalue weighted by Crippen LogP contribution is 2.36. The zero-order valence-electron chi connectivity index (χ0n) is 18.6. The number of imide groups is 1. The van der Waals surface area contributed by atoms with Gasteiger partial charge in [-0.05, 0) is 44.5 Å². The smallest absolute Gasteiger partial charge is 0.268 e. The Kier molecular flexibility index (Phi) is 6.00. The molecule has 4 rings (SSSR count). The molecule has 0 aromatic heterocycles. The van der Waals surface area contributed by atoms with Crippen LogP contribution in [0.15, 0.2) is 54.6 Å². The predicted molar refractivity (Wildman–Crippen MR) is 123 cm³/mol. The van der Waals surface area contributed by atoms with Crippen molar-refractivity contribution in [3.05, 3.63) is 65.7 Å². The van der Waals surface area contributed by atoms with Gasteiger partial charge in [-0.25, -0.2) is 0 Å². The highest BCUT2D eigenvalue weighted by atomic mass is 16.5. The van der Waals surface area contributed by atoms with Gasteiger partial charge in [0.15, 0.2) is 6.10 Å². The van der Waals surface area contributed by atoms with Crippen molar-refractivity contribution in [2.75, 3.05) is 23.3 Å². The van der Waals surface area contributed by atoms with Crippen LogP contribution < -0.4 is 15.0 Å². The summed E-state index contributed by atoms with van der Waals surface area (Å²) in [6, 6.07) is 11.8. The molecule has 4 amide bonds. The number of fused-ring (bicyclic) bond motifs is 2. The Morgan fingerprint density at radius 1 is 1.06 bits per heavy atom. The van der Waals surface area contributed by atoms with Crippen LogP contribution in [0.2, 0.25) is 0 Å². The number of hydrogen-bond donors (Lipinski definition) is 1. The normalized spacial score (nSPS) is 16.9.